The number of sulfonamides is 1. The minimum absolute atomic E-state index is 0.169. The fourth-order valence-electron chi connectivity index (χ4n) is 5.40. The molecule has 1 N–H and O–H groups in total. The number of hydrogen-bond donors (Lipinski definition) is 1. The second-order valence-electron chi connectivity index (χ2n) is 9.88. The Labute approximate surface area is 231 Å². The Morgan fingerprint density at radius 1 is 1.05 bits per heavy atom. The molecule has 2 aliphatic heterocycles. The van der Waals surface area contributed by atoms with Crippen LogP contribution >= 0.6 is 24.0 Å². The molecule has 200 valence electrons. The molecule has 0 radical (unpaired) electrons. The molecule has 0 aromatic heterocycles. The van der Waals surface area contributed by atoms with E-state index in [-0.39, 0.29) is 9.22 Å². The quantitative estimate of drug-likeness (QED) is 0.401. The van der Waals surface area contributed by atoms with E-state index in [2.05, 4.69) is 17.0 Å². The molecule has 3 fully saturated rings. The first-order chi connectivity index (χ1) is 18.2. The zero-order valence-corrected chi connectivity index (χ0v) is 23.1. The number of amides is 2. The highest BCUT2D eigenvalue weighted by Crippen LogP contribution is 2.38. The lowest BCUT2D eigenvalue weighted by Crippen LogP contribution is -2.41. The number of thioether (sulfide) groups is 1. The maximum Gasteiger partial charge on any atom is 0.266 e. The van der Waals surface area contributed by atoms with Gasteiger partial charge in [-0.3, -0.25) is 14.5 Å². The van der Waals surface area contributed by atoms with Crippen LogP contribution in [0.3, 0.4) is 0 Å². The van der Waals surface area contributed by atoms with Crippen LogP contribution in [-0.4, -0.2) is 49.1 Å². The molecule has 2 amide bonds. The van der Waals surface area contributed by atoms with Crippen LogP contribution in [0.2, 0.25) is 0 Å². The fraction of sp³-hybridized carbons (Fsp3) is 0.370. The molecule has 11 heteroatoms. The standard InChI is InChI=1S/C27H28FN3O4S3/c28-21-7-11-23(12-8-21)38(34,35)29-25(32)17-31-26(33)24(37-27(31)36)15-18-5-9-22(10-6-18)30-14-13-19-3-1-2-4-20(19)16-30/h5-12,15,19-20H,1-4,13-14,16-17H2,(H,29,32)/b24-15-/t19-,20-/m0/s1. The average molecular weight is 574 g/mol. The second-order valence-corrected chi connectivity index (χ2v) is 13.2. The molecule has 0 bridgehead atoms. The number of thiocarbonyl (C=S) groups is 1. The summed E-state index contributed by atoms with van der Waals surface area (Å²) in [6.07, 6.45) is 8.34. The monoisotopic (exact) mass is 573 g/mol. The Hall–Kier alpha value is -2.76. The van der Waals surface area contributed by atoms with E-state index in [4.69, 9.17) is 12.2 Å². The van der Waals surface area contributed by atoms with Crippen LogP contribution in [0.25, 0.3) is 6.08 Å². The molecule has 38 heavy (non-hydrogen) atoms. The molecule has 1 saturated carbocycles. The van der Waals surface area contributed by atoms with Crippen molar-refractivity contribution >= 4 is 61.9 Å². The lowest BCUT2D eigenvalue weighted by molar-refractivity contribution is -0.127. The molecule has 0 unspecified atom stereocenters. The third-order valence-electron chi connectivity index (χ3n) is 7.39. The molecule has 2 heterocycles. The number of nitrogens with zero attached hydrogens (tertiary/aromatic N) is 2. The molecule has 2 aromatic carbocycles. The summed E-state index contributed by atoms with van der Waals surface area (Å²) in [5, 5.41) is 0. The number of anilines is 1. The molecule has 0 spiro atoms. The smallest absolute Gasteiger partial charge is 0.266 e. The molecular weight excluding hydrogens is 546 g/mol. The summed E-state index contributed by atoms with van der Waals surface area (Å²) in [5.74, 6) is -0.331. The summed E-state index contributed by atoms with van der Waals surface area (Å²) in [4.78, 5) is 29.0. The van der Waals surface area contributed by atoms with E-state index in [1.54, 1.807) is 6.08 Å². The number of rotatable bonds is 6. The van der Waals surface area contributed by atoms with E-state index >= 15 is 0 Å². The normalized spacial score (nSPS) is 23.0. The third-order valence-corrected chi connectivity index (χ3v) is 10.2. The highest BCUT2D eigenvalue weighted by Gasteiger charge is 2.34. The minimum Gasteiger partial charge on any atom is -0.371 e. The zero-order chi connectivity index (χ0) is 26.9. The Morgan fingerprint density at radius 2 is 1.74 bits per heavy atom. The first-order valence-electron chi connectivity index (χ1n) is 12.6. The summed E-state index contributed by atoms with van der Waals surface area (Å²) >= 11 is 6.35. The van der Waals surface area contributed by atoms with Crippen molar-refractivity contribution in [1.82, 2.24) is 9.62 Å². The van der Waals surface area contributed by atoms with E-state index in [1.165, 1.54) is 37.8 Å². The van der Waals surface area contributed by atoms with E-state index in [0.717, 1.165) is 71.4 Å². The van der Waals surface area contributed by atoms with Gasteiger partial charge in [-0.25, -0.2) is 17.5 Å². The molecule has 3 aliphatic rings. The van der Waals surface area contributed by atoms with Crippen molar-refractivity contribution in [2.75, 3.05) is 24.5 Å². The van der Waals surface area contributed by atoms with Gasteiger partial charge in [0.1, 0.15) is 16.7 Å². The van der Waals surface area contributed by atoms with Gasteiger partial charge < -0.3 is 4.90 Å². The van der Waals surface area contributed by atoms with E-state index in [0.29, 0.717) is 4.91 Å². The molecule has 2 saturated heterocycles. The number of carbonyl (C=O) groups excluding carboxylic acids is 2. The van der Waals surface area contributed by atoms with Gasteiger partial charge in [0.25, 0.3) is 21.8 Å². The lowest BCUT2D eigenvalue weighted by atomic mass is 9.75. The van der Waals surface area contributed by atoms with Gasteiger partial charge in [-0.15, -0.1) is 0 Å². The number of halogens is 1. The number of carbonyl (C=O) groups is 2. The lowest BCUT2D eigenvalue weighted by Gasteiger charge is -2.42. The van der Waals surface area contributed by atoms with Gasteiger partial charge >= 0.3 is 0 Å². The summed E-state index contributed by atoms with van der Waals surface area (Å²) in [7, 11) is -4.21. The van der Waals surface area contributed by atoms with Gasteiger partial charge in [0.2, 0.25) is 0 Å². The van der Waals surface area contributed by atoms with Gasteiger partial charge in [0, 0.05) is 18.8 Å². The van der Waals surface area contributed by atoms with Gasteiger partial charge in [0.15, 0.2) is 0 Å². The van der Waals surface area contributed by atoms with Crippen LogP contribution in [0.15, 0.2) is 58.3 Å². The van der Waals surface area contributed by atoms with Crippen LogP contribution in [0, 0.1) is 17.7 Å². The van der Waals surface area contributed by atoms with Crippen LogP contribution in [-0.2, 0) is 19.6 Å². The van der Waals surface area contributed by atoms with E-state index < -0.39 is 34.2 Å². The van der Waals surface area contributed by atoms with Gasteiger partial charge in [0.05, 0.1) is 9.80 Å². The Bertz CT molecular complexity index is 1380. The number of fused-ring (bicyclic) bond motifs is 1. The Kier molecular flexibility index (Phi) is 7.88. The topological polar surface area (TPSA) is 86.8 Å². The summed E-state index contributed by atoms with van der Waals surface area (Å²) < 4.78 is 40.0. The molecule has 7 nitrogen and oxygen atoms in total. The SMILES string of the molecule is O=C(CN1C(=O)/C(=C/c2ccc(N3CC[C@@H]4CCCC[C@H]4C3)cc2)SC1=S)NS(=O)(=O)c1ccc(F)cc1. The predicted molar refractivity (Wildman–Crippen MR) is 150 cm³/mol. The zero-order valence-electron chi connectivity index (χ0n) is 20.6. The molecular formula is C27H28FN3O4S3. The van der Waals surface area contributed by atoms with Gasteiger partial charge in [-0.2, -0.15) is 0 Å². The Balaban J connectivity index is 1.20. The van der Waals surface area contributed by atoms with Crippen molar-refractivity contribution in [3.05, 3.63) is 64.8 Å². The fourth-order valence-corrected chi connectivity index (χ4v) is 7.63. The van der Waals surface area contributed by atoms with E-state index in [9.17, 15) is 22.4 Å². The summed E-state index contributed by atoms with van der Waals surface area (Å²) in [6.45, 7) is 1.62. The molecule has 5 rings (SSSR count). The predicted octanol–water partition coefficient (Wildman–Crippen LogP) is 4.55. The number of benzene rings is 2. The highest BCUT2D eigenvalue weighted by atomic mass is 32.2. The van der Waals surface area contributed by atoms with Crippen LogP contribution in [0.4, 0.5) is 10.1 Å². The van der Waals surface area contributed by atoms with Crippen molar-refractivity contribution in [2.24, 2.45) is 11.8 Å². The van der Waals surface area contributed by atoms with Crippen LogP contribution in [0.5, 0.6) is 0 Å². The maximum atomic E-state index is 13.1. The van der Waals surface area contributed by atoms with Crippen LogP contribution in [0.1, 0.15) is 37.7 Å². The molecule has 2 atom stereocenters. The van der Waals surface area contributed by atoms with Crippen molar-refractivity contribution in [3.63, 3.8) is 0 Å². The summed E-state index contributed by atoms with van der Waals surface area (Å²) in [6, 6.07) is 12.2. The van der Waals surface area contributed by atoms with Gasteiger partial charge in [-0.1, -0.05) is 55.4 Å². The van der Waals surface area contributed by atoms with Gasteiger partial charge in [-0.05, 0) is 72.7 Å². The minimum atomic E-state index is -4.21. The van der Waals surface area contributed by atoms with E-state index in [1.807, 2.05) is 16.9 Å². The van der Waals surface area contributed by atoms with Crippen LogP contribution < -0.4 is 9.62 Å². The summed E-state index contributed by atoms with van der Waals surface area (Å²) in [5.41, 5.74) is 2.02. The largest absolute Gasteiger partial charge is 0.371 e. The van der Waals surface area contributed by atoms with Crippen molar-refractivity contribution in [3.8, 4) is 0 Å². The van der Waals surface area contributed by atoms with Crippen molar-refractivity contribution in [1.29, 1.82) is 0 Å². The Morgan fingerprint density at radius 3 is 2.45 bits per heavy atom. The maximum absolute atomic E-state index is 13.1. The first kappa shape index (κ1) is 26.8. The number of hydrogen-bond acceptors (Lipinski definition) is 7. The molecule has 2 aromatic rings. The highest BCUT2D eigenvalue weighted by molar-refractivity contribution is 8.26. The van der Waals surface area contributed by atoms with Crippen molar-refractivity contribution < 1.29 is 22.4 Å². The second kappa shape index (κ2) is 11.2. The average Bonchev–Trinajstić information content (AvgIpc) is 3.16. The first-order valence-corrected chi connectivity index (χ1v) is 15.3. The number of piperidine rings is 1. The third kappa shape index (κ3) is 5.94. The molecule has 1 aliphatic carbocycles. The number of nitrogens with one attached hydrogen (secondary N) is 1. The van der Waals surface area contributed by atoms with Crippen molar-refractivity contribution in [2.45, 2.75) is 37.0 Å².